The van der Waals surface area contributed by atoms with Crippen molar-refractivity contribution in [2.45, 2.75) is 19.4 Å². The average molecular weight is 400 g/mol. The van der Waals surface area contributed by atoms with Gasteiger partial charge in [0.15, 0.2) is 5.82 Å². The summed E-state index contributed by atoms with van der Waals surface area (Å²) in [5, 5.41) is 8.25. The molecule has 0 amide bonds. The lowest BCUT2D eigenvalue weighted by Gasteiger charge is -2.21. The first-order chi connectivity index (χ1) is 14.8. The highest BCUT2D eigenvalue weighted by Crippen LogP contribution is 2.26. The molecule has 0 atom stereocenters. The number of para-hydroxylation sites is 1. The lowest BCUT2D eigenvalue weighted by molar-refractivity contribution is 0.413. The molecule has 0 radical (unpaired) electrons. The highest BCUT2D eigenvalue weighted by Gasteiger charge is 2.18. The van der Waals surface area contributed by atoms with Crippen molar-refractivity contribution >= 4 is 16.7 Å². The second-order valence-corrected chi connectivity index (χ2v) is 7.40. The van der Waals surface area contributed by atoms with Crippen LogP contribution < -0.4 is 15.4 Å². The fraction of sp³-hybridized carbons (Fsp3) is 0.261. The van der Waals surface area contributed by atoms with E-state index in [9.17, 15) is 0 Å². The molecule has 3 aromatic heterocycles. The summed E-state index contributed by atoms with van der Waals surface area (Å²) in [5.41, 5.74) is 5.57. The van der Waals surface area contributed by atoms with Crippen molar-refractivity contribution in [2.24, 2.45) is 0 Å². The molecule has 0 bridgehead atoms. The maximum absolute atomic E-state index is 5.31. The minimum Gasteiger partial charge on any atom is -0.495 e. The van der Waals surface area contributed by atoms with Crippen LogP contribution in [-0.2, 0) is 19.4 Å². The Hall–Kier alpha value is -3.45. The van der Waals surface area contributed by atoms with E-state index in [1.54, 1.807) is 19.5 Å². The fourth-order valence-electron chi connectivity index (χ4n) is 3.94. The van der Waals surface area contributed by atoms with Gasteiger partial charge < -0.3 is 20.4 Å². The summed E-state index contributed by atoms with van der Waals surface area (Å²) in [6.45, 7) is 2.49. The van der Waals surface area contributed by atoms with Crippen LogP contribution in [0.5, 0.6) is 5.75 Å². The number of H-pyrrole nitrogens is 1. The first-order valence-electron chi connectivity index (χ1n) is 10.2. The summed E-state index contributed by atoms with van der Waals surface area (Å²) < 4.78 is 5.31. The maximum Gasteiger partial charge on any atom is 0.163 e. The Labute approximate surface area is 174 Å². The number of aromatic nitrogens is 4. The van der Waals surface area contributed by atoms with Gasteiger partial charge in [-0.05, 0) is 37.1 Å². The molecule has 4 aromatic rings. The zero-order valence-electron chi connectivity index (χ0n) is 16.9. The molecule has 1 aliphatic rings. The number of nitrogens with zero attached hydrogens (tertiary/aromatic N) is 3. The van der Waals surface area contributed by atoms with E-state index in [0.717, 1.165) is 49.6 Å². The minimum absolute atomic E-state index is 0.665. The van der Waals surface area contributed by atoms with Crippen LogP contribution in [-0.4, -0.2) is 40.1 Å². The molecular weight excluding hydrogens is 376 g/mol. The lowest BCUT2D eigenvalue weighted by atomic mass is 10.1. The maximum atomic E-state index is 5.31. The predicted octanol–water partition coefficient (Wildman–Crippen LogP) is 3.33. The van der Waals surface area contributed by atoms with Crippen LogP contribution in [0.25, 0.3) is 22.3 Å². The topological polar surface area (TPSA) is 87.8 Å². The Morgan fingerprint density at radius 2 is 2.10 bits per heavy atom. The van der Waals surface area contributed by atoms with Gasteiger partial charge in [-0.15, -0.1) is 0 Å². The third-order valence-electron chi connectivity index (χ3n) is 5.51. The number of hydrogen-bond donors (Lipinski definition) is 3. The summed E-state index contributed by atoms with van der Waals surface area (Å²) in [7, 11) is 1.64. The number of hydrogen-bond acceptors (Lipinski definition) is 6. The van der Waals surface area contributed by atoms with Gasteiger partial charge in [0.2, 0.25) is 0 Å². The summed E-state index contributed by atoms with van der Waals surface area (Å²) in [6.07, 6.45) is 7.39. The van der Waals surface area contributed by atoms with Gasteiger partial charge in [0.25, 0.3) is 0 Å². The van der Waals surface area contributed by atoms with Gasteiger partial charge >= 0.3 is 0 Å². The molecule has 152 valence electrons. The van der Waals surface area contributed by atoms with Crippen molar-refractivity contribution in [3.63, 3.8) is 0 Å². The van der Waals surface area contributed by atoms with Gasteiger partial charge in [-0.1, -0.05) is 18.2 Å². The molecule has 0 saturated carbocycles. The molecule has 0 aliphatic carbocycles. The molecule has 5 rings (SSSR count). The summed E-state index contributed by atoms with van der Waals surface area (Å²) in [5.74, 6) is 2.28. The van der Waals surface area contributed by atoms with Crippen LogP contribution in [0.4, 0.5) is 5.82 Å². The highest BCUT2D eigenvalue weighted by molar-refractivity contribution is 5.83. The van der Waals surface area contributed by atoms with Gasteiger partial charge in [-0.3, -0.25) is 4.98 Å². The van der Waals surface area contributed by atoms with Gasteiger partial charge in [-0.2, -0.15) is 0 Å². The quantitative estimate of drug-likeness (QED) is 0.460. The first-order valence-corrected chi connectivity index (χ1v) is 10.2. The third kappa shape index (κ3) is 3.59. The first kappa shape index (κ1) is 18.6. The lowest BCUT2D eigenvalue weighted by Crippen LogP contribution is -2.27. The normalized spacial score (nSPS) is 13.2. The van der Waals surface area contributed by atoms with Crippen LogP contribution in [0.3, 0.4) is 0 Å². The fourth-order valence-corrected chi connectivity index (χ4v) is 3.94. The van der Waals surface area contributed by atoms with E-state index in [1.807, 2.05) is 6.07 Å². The van der Waals surface area contributed by atoms with E-state index >= 15 is 0 Å². The third-order valence-corrected chi connectivity index (χ3v) is 5.51. The zero-order chi connectivity index (χ0) is 20.3. The smallest absolute Gasteiger partial charge is 0.163 e. The van der Waals surface area contributed by atoms with Crippen molar-refractivity contribution < 1.29 is 4.74 Å². The molecule has 1 aromatic carbocycles. The molecule has 3 N–H and O–H groups in total. The molecule has 4 heterocycles. The standard InChI is InChI=1S/C23H24N6O/c1-30-17-10-16(11-25-13-17)22-28-21-14-24-8-7-19(21)23(29-22)26-9-6-15-12-27-20-5-3-2-4-18(15)20/h2-5,10-13,24,27H,6-9,14H2,1H3,(H,26,28,29). The number of anilines is 1. The molecule has 30 heavy (non-hydrogen) atoms. The minimum atomic E-state index is 0.665. The highest BCUT2D eigenvalue weighted by atomic mass is 16.5. The Morgan fingerprint density at radius 3 is 3.03 bits per heavy atom. The molecule has 7 nitrogen and oxygen atoms in total. The number of nitrogens with one attached hydrogen (secondary N) is 3. The SMILES string of the molecule is COc1cncc(-c2nc3c(c(NCCc4c[nH]c5ccccc45)n2)CCNC3)c1. The summed E-state index contributed by atoms with van der Waals surface area (Å²) >= 11 is 0. The molecular formula is C23H24N6O. The Bertz CT molecular complexity index is 1190. The van der Waals surface area contributed by atoms with E-state index < -0.39 is 0 Å². The second-order valence-electron chi connectivity index (χ2n) is 7.40. The van der Waals surface area contributed by atoms with E-state index in [0.29, 0.717) is 11.6 Å². The van der Waals surface area contributed by atoms with Crippen molar-refractivity contribution in [2.75, 3.05) is 25.5 Å². The summed E-state index contributed by atoms with van der Waals surface area (Å²) in [6, 6.07) is 10.3. The number of rotatable bonds is 6. The zero-order valence-corrected chi connectivity index (χ0v) is 16.9. The van der Waals surface area contributed by atoms with E-state index in [-0.39, 0.29) is 0 Å². The van der Waals surface area contributed by atoms with Crippen molar-refractivity contribution in [3.05, 3.63) is 65.7 Å². The summed E-state index contributed by atoms with van der Waals surface area (Å²) in [4.78, 5) is 17.3. The molecule has 1 aliphatic heterocycles. The largest absolute Gasteiger partial charge is 0.495 e. The van der Waals surface area contributed by atoms with Crippen LogP contribution in [0.1, 0.15) is 16.8 Å². The molecule has 0 fully saturated rings. The molecule has 0 spiro atoms. The van der Waals surface area contributed by atoms with Crippen molar-refractivity contribution in [1.82, 2.24) is 25.3 Å². The van der Waals surface area contributed by atoms with E-state index in [1.165, 1.54) is 22.0 Å². The number of methoxy groups -OCH3 is 1. The van der Waals surface area contributed by atoms with E-state index in [4.69, 9.17) is 14.7 Å². The predicted molar refractivity (Wildman–Crippen MR) is 118 cm³/mol. The van der Waals surface area contributed by atoms with Crippen LogP contribution in [0, 0.1) is 0 Å². The van der Waals surface area contributed by atoms with Gasteiger partial charge in [0, 0.05) is 47.5 Å². The number of aromatic amines is 1. The van der Waals surface area contributed by atoms with Gasteiger partial charge in [-0.25, -0.2) is 9.97 Å². The van der Waals surface area contributed by atoms with Crippen LogP contribution >= 0.6 is 0 Å². The Morgan fingerprint density at radius 1 is 1.17 bits per heavy atom. The van der Waals surface area contributed by atoms with Crippen LogP contribution in [0.15, 0.2) is 48.9 Å². The molecule has 0 unspecified atom stereocenters. The van der Waals surface area contributed by atoms with Crippen LogP contribution in [0.2, 0.25) is 0 Å². The van der Waals surface area contributed by atoms with Crippen molar-refractivity contribution in [3.8, 4) is 17.1 Å². The monoisotopic (exact) mass is 400 g/mol. The second kappa shape index (κ2) is 8.12. The average Bonchev–Trinajstić information content (AvgIpc) is 3.22. The Kier molecular flexibility index (Phi) is 5.03. The number of ether oxygens (including phenoxy) is 1. The Balaban J connectivity index is 1.41. The number of pyridine rings is 1. The molecule has 7 heteroatoms. The van der Waals surface area contributed by atoms with E-state index in [2.05, 4.69) is 51.1 Å². The number of benzene rings is 1. The van der Waals surface area contributed by atoms with Gasteiger partial charge in [0.05, 0.1) is 19.0 Å². The molecule has 0 saturated heterocycles. The number of fused-ring (bicyclic) bond motifs is 2. The van der Waals surface area contributed by atoms with Crippen molar-refractivity contribution in [1.29, 1.82) is 0 Å². The van der Waals surface area contributed by atoms with Gasteiger partial charge in [0.1, 0.15) is 11.6 Å².